The molecule has 4 aliphatic rings. The lowest BCUT2D eigenvalue weighted by Crippen LogP contribution is -2.68. The van der Waals surface area contributed by atoms with Crippen molar-refractivity contribution in [2.75, 3.05) is 7.11 Å². The molecule has 0 aromatic heterocycles. The van der Waals surface area contributed by atoms with E-state index in [2.05, 4.69) is 99.3 Å². The molecule has 4 aliphatic carbocycles. The number of hydrogen-bond donors (Lipinski definition) is 0. The van der Waals surface area contributed by atoms with Gasteiger partial charge in [-0.3, -0.25) is 4.79 Å². The number of esters is 1. The molecule has 47 heavy (non-hydrogen) atoms. The van der Waals surface area contributed by atoms with Crippen molar-refractivity contribution in [3.8, 4) is 0 Å². The molecule has 274 valence electrons. The zero-order chi connectivity index (χ0) is 35.5. The van der Waals surface area contributed by atoms with E-state index in [0.29, 0.717) is 41.9 Å². The van der Waals surface area contributed by atoms with Crippen LogP contribution in [0.1, 0.15) is 72.1 Å². The first-order valence-corrected chi connectivity index (χ1v) is 32.7. The van der Waals surface area contributed by atoms with Crippen LogP contribution in [0.15, 0.2) is 0 Å². The first-order valence-electron chi connectivity index (χ1n) is 19.1. The maximum absolute atomic E-state index is 12.2. The Morgan fingerprint density at radius 3 is 1.72 bits per heavy atom. The topological polar surface area (TPSA) is 63.2 Å². The highest BCUT2D eigenvalue weighted by Gasteiger charge is 2.69. The lowest BCUT2D eigenvalue weighted by atomic mass is 9.42. The lowest BCUT2D eigenvalue weighted by Gasteiger charge is -2.67. The first kappa shape index (κ1) is 40.0. The quantitative estimate of drug-likeness (QED) is 0.147. The molecule has 4 saturated carbocycles. The molecule has 10 heteroatoms. The van der Waals surface area contributed by atoms with Crippen molar-refractivity contribution in [2.24, 2.45) is 46.3 Å². The molecule has 0 heterocycles. The van der Waals surface area contributed by atoms with Crippen LogP contribution in [0.4, 0.5) is 0 Å². The number of carbonyl (C=O) groups excluding carboxylic acids is 1. The number of fused-ring (bicyclic) bond motifs is 5. The standard InChI is InChI=1S/C37H74O6Si4/c1-25(17-20-34(38)39-4)28-18-19-29-35-30(24-33(37(28,29)3)43-47(14,15)16)36(2)26(22-31(35)41-45(8,9)10)21-27(40-44(5,6)7)23-32(36)42-46(11,12)13/h25-33,35H,17-24H2,1-16H3. The highest BCUT2D eigenvalue weighted by Crippen LogP contribution is 2.70. The van der Waals surface area contributed by atoms with Gasteiger partial charge in [-0.15, -0.1) is 0 Å². The molecule has 0 spiro atoms. The second-order valence-electron chi connectivity index (χ2n) is 20.5. The fourth-order valence-corrected chi connectivity index (χ4v) is 15.9. The van der Waals surface area contributed by atoms with Gasteiger partial charge in [0.2, 0.25) is 0 Å². The summed E-state index contributed by atoms with van der Waals surface area (Å²) >= 11 is 0. The van der Waals surface area contributed by atoms with Gasteiger partial charge in [-0.05, 0) is 170 Å². The van der Waals surface area contributed by atoms with Crippen molar-refractivity contribution in [2.45, 2.75) is 175 Å². The predicted molar refractivity (Wildman–Crippen MR) is 205 cm³/mol. The minimum Gasteiger partial charge on any atom is -0.469 e. The van der Waals surface area contributed by atoms with Crippen LogP contribution in [0, 0.1) is 46.3 Å². The van der Waals surface area contributed by atoms with Gasteiger partial charge in [0.25, 0.3) is 0 Å². The van der Waals surface area contributed by atoms with E-state index in [4.69, 9.17) is 22.4 Å². The minimum atomic E-state index is -1.87. The Balaban J connectivity index is 1.83. The fraction of sp³-hybridized carbons (Fsp3) is 0.973. The predicted octanol–water partition coefficient (Wildman–Crippen LogP) is 9.94. The summed E-state index contributed by atoms with van der Waals surface area (Å²) in [5.41, 5.74) is 0.106. The number of ether oxygens (including phenoxy) is 1. The molecule has 12 atom stereocenters. The summed E-state index contributed by atoms with van der Waals surface area (Å²) in [7, 11) is -5.75. The highest BCUT2D eigenvalue weighted by molar-refractivity contribution is 6.70. The molecule has 0 bridgehead atoms. The van der Waals surface area contributed by atoms with Gasteiger partial charge in [0.05, 0.1) is 19.3 Å². The highest BCUT2D eigenvalue weighted by atomic mass is 28.4. The molecule has 0 aromatic rings. The van der Waals surface area contributed by atoms with Gasteiger partial charge >= 0.3 is 5.97 Å². The Morgan fingerprint density at radius 1 is 0.681 bits per heavy atom. The van der Waals surface area contributed by atoms with Crippen molar-refractivity contribution >= 4 is 39.2 Å². The third-order valence-corrected chi connectivity index (χ3v) is 16.6. The SMILES string of the molecule is COC(=O)CCC(C)C1CCC2C3C(O[Si](C)(C)C)CC4CC(O[Si](C)(C)C)CC(O[Si](C)(C)C)C4(C)C3CC(O[Si](C)(C)C)C12C. The van der Waals surface area contributed by atoms with Crippen molar-refractivity contribution < 1.29 is 27.2 Å². The Hall–Kier alpha value is 0.178. The maximum Gasteiger partial charge on any atom is 0.305 e. The number of carbonyl (C=O) groups is 1. The van der Waals surface area contributed by atoms with Crippen molar-refractivity contribution in [1.82, 2.24) is 0 Å². The van der Waals surface area contributed by atoms with Gasteiger partial charge in [-0.25, -0.2) is 0 Å². The molecule has 0 saturated heterocycles. The van der Waals surface area contributed by atoms with E-state index in [9.17, 15) is 4.79 Å². The van der Waals surface area contributed by atoms with Crippen molar-refractivity contribution in [3.05, 3.63) is 0 Å². The van der Waals surface area contributed by atoms with Gasteiger partial charge < -0.3 is 22.4 Å². The molecule has 6 nitrogen and oxygen atoms in total. The van der Waals surface area contributed by atoms with E-state index in [1.807, 2.05) is 0 Å². The summed E-state index contributed by atoms with van der Waals surface area (Å²) in [4.78, 5) is 12.2. The Kier molecular flexibility index (Phi) is 11.9. The normalized spacial score (nSPS) is 40.3. The van der Waals surface area contributed by atoms with Crippen LogP contribution in [0.3, 0.4) is 0 Å². The number of rotatable bonds is 12. The van der Waals surface area contributed by atoms with E-state index in [1.54, 1.807) is 0 Å². The fourth-order valence-electron chi connectivity index (χ4n) is 11.1. The summed E-state index contributed by atoms with van der Waals surface area (Å²) in [6.45, 7) is 36.0. The van der Waals surface area contributed by atoms with E-state index in [0.717, 1.165) is 32.1 Å². The smallest absolute Gasteiger partial charge is 0.305 e. The summed E-state index contributed by atoms with van der Waals surface area (Å²) < 4.78 is 34.1. The van der Waals surface area contributed by atoms with E-state index < -0.39 is 33.3 Å². The van der Waals surface area contributed by atoms with Crippen LogP contribution in [0.25, 0.3) is 0 Å². The molecule has 0 aromatic carbocycles. The van der Waals surface area contributed by atoms with Gasteiger partial charge in [0, 0.05) is 18.6 Å². The molecule has 0 amide bonds. The third kappa shape index (κ3) is 8.98. The minimum absolute atomic E-state index is 0.0501. The summed E-state index contributed by atoms with van der Waals surface area (Å²) in [6, 6.07) is 0. The van der Waals surface area contributed by atoms with Crippen LogP contribution in [0.2, 0.25) is 78.6 Å². The summed E-state index contributed by atoms with van der Waals surface area (Å²) in [5.74, 6) is 2.90. The molecule has 0 aliphatic heterocycles. The summed E-state index contributed by atoms with van der Waals surface area (Å²) in [5, 5.41) is 0. The van der Waals surface area contributed by atoms with Crippen molar-refractivity contribution in [3.63, 3.8) is 0 Å². The van der Waals surface area contributed by atoms with E-state index in [1.165, 1.54) is 20.0 Å². The van der Waals surface area contributed by atoms with Gasteiger partial charge in [-0.2, -0.15) is 0 Å². The molecular formula is C37H74O6Si4. The average molecular weight is 727 g/mol. The van der Waals surface area contributed by atoms with Crippen LogP contribution in [0.5, 0.6) is 0 Å². The second-order valence-corrected chi connectivity index (χ2v) is 38.3. The molecule has 4 fully saturated rings. The molecular weight excluding hydrogens is 653 g/mol. The molecule has 12 unspecified atom stereocenters. The van der Waals surface area contributed by atoms with Crippen LogP contribution >= 0.6 is 0 Å². The average Bonchev–Trinajstić information content (AvgIpc) is 3.23. The third-order valence-electron chi connectivity index (χ3n) is 12.6. The van der Waals surface area contributed by atoms with E-state index >= 15 is 0 Å². The Bertz CT molecular complexity index is 1090. The molecule has 4 rings (SSSR count). The maximum atomic E-state index is 12.2. The Morgan fingerprint density at radius 2 is 1.21 bits per heavy atom. The molecule has 0 N–H and O–H groups in total. The van der Waals surface area contributed by atoms with Crippen LogP contribution in [-0.4, -0.2) is 70.8 Å². The molecule has 0 radical (unpaired) electrons. The Labute approximate surface area is 294 Å². The van der Waals surface area contributed by atoms with Gasteiger partial charge in [0.1, 0.15) is 0 Å². The van der Waals surface area contributed by atoms with Gasteiger partial charge in [0.15, 0.2) is 33.3 Å². The zero-order valence-electron chi connectivity index (χ0n) is 33.4. The number of methoxy groups -OCH3 is 1. The van der Waals surface area contributed by atoms with Crippen LogP contribution < -0.4 is 0 Å². The van der Waals surface area contributed by atoms with Gasteiger partial charge in [-0.1, -0.05) is 20.8 Å². The number of hydrogen-bond acceptors (Lipinski definition) is 6. The monoisotopic (exact) mass is 726 g/mol. The van der Waals surface area contributed by atoms with Crippen molar-refractivity contribution in [1.29, 1.82) is 0 Å². The largest absolute Gasteiger partial charge is 0.469 e. The second kappa shape index (κ2) is 14.0. The lowest BCUT2D eigenvalue weighted by molar-refractivity contribution is -0.224. The zero-order valence-corrected chi connectivity index (χ0v) is 37.4. The van der Waals surface area contributed by atoms with Crippen LogP contribution in [-0.2, 0) is 27.2 Å². The van der Waals surface area contributed by atoms with E-state index in [-0.39, 0.29) is 41.2 Å². The first-order chi connectivity index (χ1) is 21.3. The summed E-state index contributed by atoms with van der Waals surface area (Å²) in [6.07, 6.45) is 9.09.